The van der Waals surface area contributed by atoms with E-state index < -0.39 is 0 Å². The smallest absolute Gasteiger partial charge is 0.302 e. The molecule has 2 atom stereocenters. The Labute approximate surface area is 90.4 Å². The molecule has 4 nitrogen and oxygen atoms in total. The topological polar surface area (TPSA) is 55.4 Å². The van der Waals surface area contributed by atoms with Gasteiger partial charge in [0.2, 0.25) is 5.91 Å². The van der Waals surface area contributed by atoms with Gasteiger partial charge in [0.1, 0.15) is 0 Å². The summed E-state index contributed by atoms with van der Waals surface area (Å²) < 4.78 is 5.00. The van der Waals surface area contributed by atoms with E-state index in [1.807, 2.05) is 0 Å². The van der Waals surface area contributed by atoms with E-state index in [1.54, 1.807) is 0 Å². The molecule has 0 radical (unpaired) electrons. The molecular formula is C11H19NO3. The van der Waals surface area contributed by atoms with Crippen molar-refractivity contribution in [2.24, 2.45) is 5.92 Å². The van der Waals surface area contributed by atoms with Crippen molar-refractivity contribution < 1.29 is 14.3 Å². The van der Waals surface area contributed by atoms with Crippen molar-refractivity contribution in [1.29, 1.82) is 0 Å². The normalized spacial score (nSPS) is 25.7. The van der Waals surface area contributed by atoms with E-state index in [0.717, 1.165) is 25.7 Å². The second-order valence-electron chi connectivity index (χ2n) is 4.15. The Hall–Kier alpha value is -1.06. The first-order valence-corrected chi connectivity index (χ1v) is 5.50. The van der Waals surface area contributed by atoms with Crippen molar-refractivity contribution in [2.75, 3.05) is 6.61 Å². The molecule has 0 aromatic rings. The van der Waals surface area contributed by atoms with Crippen LogP contribution < -0.4 is 5.32 Å². The molecule has 4 heteroatoms. The Bertz CT molecular complexity index is 240. The van der Waals surface area contributed by atoms with Gasteiger partial charge in [-0.25, -0.2) is 0 Å². The van der Waals surface area contributed by atoms with E-state index in [1.165, 1.54) is 13.8 Å². The van der Waals surface area contributed by atoms with E-state index in [-0.39, 0.29) is 23.8 Å². The van der Waals surface area contributed by atoms with Crippen LogP contribution in [0.3, 0.4) is 0 Å². The van der Waals surface area contributed by atoms with Crippen LogP contribution >= 0.6 is 0 Å². The van der Waals surface area contributed by atoms with Crippen molar-refractivity contribution in [3.05, 3.63) is 0 Å². The highest BCUT2D eigenvalue weighted by atomic mass is 16.5. The molecule has 1 fully saturated rings. The zero-order chi connectivity index (χ0) is 11.3. The van der Waals surface area contributed by atoms with Gasteiger partial charge in [-0.1, -0.05) is 12.8 Å². The van der Waals surface area contributed by atoms with Gasteiger partial charge in [-0.15, -0.1) is 0 Å². The van der Waals surface area contributed by atoms with Crippen LogP contribution in [0.2, 0.25) is 0 Å². The summed E-state index contributed by atoms with van der Waals surface area (Å²) in [6, 6.07) is 0.176. The fourth-order valence-corrected chi connectivity index (χ4v) is 2.08. The highest BCUT2D eigenvalue weighted by Crippen LogP contribution is 2.24. The van der Waals surface area contributed by atoms with Crippen molar-refractivity contribution >= 4 is 11.9 Å². The van der Waals surface area contributed by atoms with Crippen molar-refractivity contribution in [3.63, 3.8) is 0 Å². The lowest BCUT2D eigenvalue weighted by molar-refractivity contribution is -0.142. The first-order valence-electron chi connectivity index (χ1n) is 5.50. The number of carbonyl (C=O) groups excluding carboxylic acids is 2. The second-order valence-corrected chi connectivity index (χ2v) is 4.15. The predicted molar refractivity (Wildman–Crippen MR) is 56.2 cm³/mol. The second kappa shape index (κ2) is 5.73. The summed E-state index contributed by atoms with van der Waals surface area (Å²) in [7, 11) is 0. The van der Waals surface area contributed by atoms with Crippen molar-refractivity contribution in [3.8, 4) is 0 Å². The molecule has 1 rings (SSSR count). The number of carbonyl (C=O) groups is 2. The van der Waals surface area contributed by atoms with Crippen molar-refractivity contribution in [2.45, 2.75) is 45.6 Å². The summed E-state index contributed by atoms with van der Waals surface area (Å²) in [5, 5.41) is 2.93. The van der Waals surface area contributed by atoms with Crippen molar-refractivity contribution in [1.82, 2.24) is 5.32 Å². The van der Waals surface area contributed by atoms with Gasteiger partial charge in [-0.3, -0.25) is 9.59 Å². The molecule has 86 valence electrons. The molecule has 0 saturated heterocycles. The Morgan fingerprint density at radius 1 is 1.27 bits per heavy atom. The molecule has 1 aliphatic rings. The molecule has 0 aromatic heterocycles. The van der Waals surface area contributed by atoms with Gasteiger partial charge in [0.05, 0.1) is 6.61 Å². The van der Waals surface area contributed by atoms with Crippen LogP contribution in [0.25, 0.3) is 0 Å². The fourth-order valence-electron chi connectivity index (χ4n) is 2.08. The number of nitrogens with one attached hydrogen (secondary N) is 1. The van der Waals surface area contributed by atoms with Gasteiger partial charge in [-0.2, -0.15) is 0 Å². The third-order valence-corrected chi connectivity index (χ3v) is 2.80. The van der Waals surface area contributed by atoms with E-state index in [0.29, 0.717) is 6.61 Å². The molecule has 1 amide bonds. The molecule has 0 spiro atoms. The Morgan fingerprint density at radius 3 is 2.53 bits per heavy atom. The highest BCUT2D eigenvalue weighted by molar-refractivity contribution is 5.73. The minimum atomic E-state index is -0.248. The van der Waals surface area contributed by atoms with E-state index in [2.05, 4.69) is 5.32 Å². The maximum atomic E-state index is 11.0. The molecule has 0 aliphatic heterocycles. The lowest BCUT2D eigenvalue weighted by Gasteiger charge is -2.31. The average Bonchev–Trinajstić information content (AvgIpc) is 2.15. The summed E-state index contributed by atoms with van der Waals surface area (Å²) in [5.41, 5.74) is 0. The van der Waals surface area contributed by atoms with Crippen LogP contribution in [0.4, 0.5) is 0 Å². The third-order valence-electron chi connectivity index (χ3n) is 2.80. The molecule has 1 N–H and O–H groups in total. The summed E-state index contributed by atoms with van der Waals surface area (Å²) >= 11 is 0. The largest absolute Gasteiger partial charge is 0.465 e. The van der Waals surface area contributed by atoms with Gasteiger partial charge < -0.3 is 10.1 Å². The maximum absolute atomic E-state index is 11.0. The number of esters is 1. The van der Waals surface area contributed by atoms with Gasteiger partial charge in [-0.05, 0) is 12.8 Å². The molecule has 1 saturated carbocycles. The Balaban J connectivity index is 2.42. The van der Waals surface area contributed by atoms with Crippen LogP contribution in [0.1, 0.15) is 39.5 Å². The summed E-state index contributed by atoms with van der Waals surface area (Å²) in [5.74, 6) is 0.0309. The molecule has 1 aliphatic carbocycles. The summed E-state index contributed by atoms with van der Waals surface area (Å²) in [6.45, 7) is 3.37. The van der Waals surface area contributed by atoms with Crippen LogP contribution in [0.5, 0.6) is 0 Å². The van der Waals surface area contributed by atoms with Crippen LogP contribution in [0.15, 0.2) is 0 Å². The minimum Gasteiger partial charge on any atom is -0.465 e. The summed E-state index contributed by atoms with van der Waals surface area (Å²) in [4.78, 5) is 21.7. The van der Waals surface area contributed by atoms with Gasteiger partial charge in [0, 0.05) is 25.8 Å². The number of hydrogen-bond donors (Lipinski definition) is 1. The molecule has 0 bridgehead atoms. The molecule has 15 heavy (non-hydrogen) atoms. The number of hydrogen-bond acceptors (Lipinski definition) is 3. The van der Waals surface area contributed by atoms with Crippen LogP contribution in [-0.4, -0.2) is 24.5 Å². The predicted octanol–water partition coefficient (Wildman–Crippen LogP) is 1.24. The summed E-state index contributed by atoms with van der Waals surface area (Å²) in [6.07, 6.45) is 4.31. The molecule has 0 aromatic carbocycles. The van der Waals surface area contributed by atoms with E-state index in [4.69, 9.17) is 4.74 Å². The first-order chi connectivity index (χ1) is 7.09. The minimum absolute atomic E-state index is 0.00488. The molecular weight excluding hydrogens is 194 g/mol. The SMILES string of the molecule is CC(=O)N[C@@H]1CCCC[C@@H]1COC(C)=O. The quantitative estimate of drug-likeness (QED) is 0.718. The third kappa shape index (κ3) is 4.32. The lowest BCUT2D eigenvalue weighted by atomic mass is 9.85. The number of ether oxygens (including phenoxy) is 1. The van der Waals surface area contributed by atoms with E-state index >= 15 is 0 Å². The van der Waals surface area contributed by atoms with Crippen LogP contribution in [-0.2, 0) is 14.3 Å². The number of rotatable bonds is 3. The Morgan fingerprint density at radius 2 is 1.93 bits per heavy atom. The van der Waals surface area contributed by atoms with Gasteiger partial charge in [0.25, 0.3) is 0 Å². The zero-order valence-electron chi connectivity index (χ0n) is 9.41. The van der Waals surface area contributed by atoms with Crippen LogP contribution in [0, 0.1) is 5.92 Å². The highest BCUT2D eigenvalue weighted by Gasteiger charge is 2.26. The zero-order valence-corrected chi connectivity index (χ0v) is 9.41. The first kappa shape index (κ1) is 12.0. The lowest BCUT2D eigenvalue weighted by Crippen LogP contribution is -2.43. The molecule has 0 unspecified atom stereocenters. The maximum Gasteiger partial charge on any atom is 0.302 e. The number of amides is 1. The van der Waals surface area contributed by atoms with Gasteiger partial charge in [0.15, 0.2) is 0 Å². The van der Waals surface area contributed by atoms with E-state index in [9.17, 15) is 9.59 Å². The fraction of sp³-hybridized carbons (Fsp3) is 0.818. The van der Waals surface area contributed by atoms with Gasteiger partial charge >= 0.3 is 5.97 Å². The molecule has 0 heterocycles. The standard InChI is InChI=1S/C11H19NO3/c1-8(13)12-11-6-4-3-5-10(11)7-15-9(2)14/h10-11H,3-7H2,1-2H3,(H,12,13)/t10-,11-/m1/s1. The Kier molecular flexibility index (Phi) is 4.59. The average molecular weight is 213 g/mol. The monoisotopic (exact) mass is 213 g/mol.